The first-order chi connectivity index (χ1) is 12.2. The first-order valence-corrected chi connectivity index (χ1v) is 10.7. The topological polar surface area (TPSA) is 58.2 Å². The molecule has 2 aliphatic heterocycles. The fourth-order valence-corrected chi connectivity index (χ4v) is 4.70. The average Bonchev–Trinajstić information content (AvgIpc) is 2.92. The van der Waals surface area contributed by atoms with E-state index >= 15 is 0 Å². The molecular formula is C21H38N2O2. The van der Waals surface area contributed by atoms with Gasteiger partial charge < -0.3 is 5.32 Å². The molecule has 0 aromatic rings. The monoisotopic (exact) mass is 350 g/mol. The van der Waals surface area contributed by atoms with E-state index in [9.17, 15) is 9.59 Å². The SMILES string of the molecule is CCCCCCCCCCCCC1(C2CCNCC2)CC(=O)NC1=O. The van der Waals surface area contributed by atoms with Crippen molar-refractivity contribution in [3.63, 3.8) is 0 Å². The van der Waals surface area contributed by atoms with Gasteiger partial charge in [-0.3, -0.25) is 14.9 Å². The molecule has 2 saturated heterocycles. The fourth-order valence-electron chi connectivity index (χ4n) is 4.70. The van der Waals surface area contributed by atoms with Gasteiger partial charge >= 0.3 is 0 Å². The molecule has 2 rings (SSSR count). The fraction of sp³-hybridized carbons (Fsp3) is 0.905. The maximum absolute atomic E-state index is 12.5. The molecule has 2 heterocycles. The highest BCUT2D eigenvalue weighted by Crippen LogP contribution is 2.44. The van der Waals surface area contributed by atoms with Gasteiger partial charge in [-0.05, 0) is 38.3 Å². The van der Waals surface area contributed by atoms with E-state index in [1.807, 2.05) is 0 Å². The third-order valence-corrected chi connectivity index (χ3v) is 6.28. The second-order valence-corrected chi connectivity index (χ2v) is 8.17. The summed E-state index contributed by atoms with van der Waals surface area (Å²) in [5.41, 5.74) is -0.403. The lowest BCUT2D eigenvalue weighted by molar-refractivity contribution is -0.132. The largest absolute Gasteiger partial charge is 0.317 e. The van der Waals surface area contributed by atoms with Crippen LogP contribution in [0.4, 0.5) is 0 Å². The molecule has 2 N–H and O–H groups in total. The van der Waals surface area contributed by atoms with Gasteiger partial charge in [0.05, 0.1) is 5.41 Å². The molecule has 25 heavy (non-hydrogen) atoms. The van der Waals surface area contributed by atoms with Crippen LogP contribution in [-0.4, -0.2) is 24.9 Å². The van der Waals surface area contributed by atoms with Crippen molar-refractivity contribution in [3.05, 3.63) is 0 Å². The standard InChI is InChI=1S/C21H38N2O2/c1-2-3-4-5-6-7-8-9-10-11-14-21(17-19(24)23-20(21)25)18-12-15-22-16-13-18/h18,22H,2-17H2,1H3,(H,23,24,25). The van der Waals surface area contributed by atoms with Crippen LogP contribution in [0.2, 0.25) is 0 Å². The zero-order chi connectivity index (χ0) is 18.0. The number of hydrogen-bond donors (Lipinski definition) is 2. The van der Waals surface area contributed by atoms with Crippen LogP contribution < -0.4 is 10.6 Å². The van der Waals surface area contributed by atoms with Gasteiger partial charge in [-0.2, -0.15) is 0 Å². The number of nitrogens with one attached hydrogen (secondary N) is 2. The molecule has 0 aliphatic carbocycles. The maximum atomic E-state index is 12.5. The van der Waals surface area contributed by atoms with E-state index in [1.165, 1.54) is 57.8 Å². The van der Waals surface area contributed by atoms with Crippen LogP contribution >= 0.6 is 0 Å². The Morgan fingerprint density at radius 2 is 1.44 bits per heavy atom. The molecule has 4 heteroatoms. The summed E-state index contributed by atoms with van der Waals surface area (Å²) in [5.74, 6) is 0.328. The minimum Gasteiger partial charge on any atom is -0.317 e. The Labute approximate surface area is 153 Å². The molecule has 0 saturated carbocycles. The molecule has 0 radical (unpaired) electrons. The van der Waals surface area contributed by atoms with Gasteiger partial charge in [0, 0.05) is 6.42 Å². The molecule has 1 unspecified atom stereocenters. The zero-order valence-electron chi connectivity index (χ0n) is 16.2. The van der Waals surface area contributed by atoms with E-state index in [1.54, 1.807) is 0 Å². The van der Waals surface area contributed by atoms with Gasteiger partial charge in [-0.1, -0.05) is 71.1 Å². The van der Waals surface area contributed by atoms with Gasteiger partial charge in [-0.25, -0.2) is 0 Å². The molecule has 0 aromatic carbocycles. The van der Waals surface area contributed by atoms with Gasteiger partial charge in [0.2, 0.25) is 11.8 Å². The smallest absolute Gasteiger partial charge is 0.233 e. The van der Waals surface area contributed by atoms with Gasteiger partial charge in [-0.15, -0.1) is 0 Å². The average molecular weight is 351 g/mol. The van der Waals surface area contributed by atoms with Crippen molar-refractivity contribution in [2.75, 3.05) is 13.1 Å². The summed E-state index contributed by atoms with van der Waals surface area (Å²) < 4.78 is 0. The van der Waals surface area contributed by atoms with E-state index in [0.29, 0.717) is 12.3 Å². The minimum atomic E-state index is -0.403. The van der Waals surface area contributed by atoms with Crippen molar-refractivity contribution in [1.82, 2.24) is 10.6 Å². The van der Waals surface area contributed by atoms with E-state index in [0.717, 1.165) is 38.8 Å². The minimum absolute atomic E-state index is 0.0142. The van der Waals surface area contributed by atoms with Crippen LogP contribution in [0.3, 0.4) is 0 Å². The Morgan fingerprint density at radius 3 is 1.96 bits per heavy atom. The molecule has 4 nitrogen and oxygen atoms in total. The van der Waals surface area contributed by atoms with Gasteiger partial charge in [0.25, 0.3) is 0 Å². The first-order valence-electron chi connectivity index (χ1n) is 10.7. The summed E-state index contributed by atoms with van der Waals surface area (Å²) >= 11 is 0. The lowest BCUT2D eigenvalue weighted by Crippen LogP contribution is -2.43. The first kappa shape index (κ1) is 20.4. The summed E-state index contributed by atoms with van der Waals surface area (Å²) in [6, 6.07) is 0. The maximum Gasteiger partial charge on any atom is 0.233 e. The van der Waals surface area contributed by atoms with Crippen molar-refractivity contribution < 1.29 is 9.59 Å². The normalized spacial score (nSPS) is 24.7. The Bertz CT molecular complexity index is 418. The molecule has 144 valence electrons. The summed E-state index contributed by atoms with van der Waals surface area (Å²) in [5, 5.41) is 5.97. The summed E-state index contributed by atoms with van der Waals surface area (Å²) in [6.07, 6.45) is 16.4. The van der Waals surface area contributed by atoms with E-state index in [4.69, 9.17) is 0 Å². The van der Waals surface area contributed by atoms with E-state index < -0.39 is 5.41 Å². The molecule has 1 atom stereocenters. The summed E-state index contributed by atoms with van der Waals surface area (Å²) in [4.78, 5) is 24.4. The lowest BCUT2D eigenvalue weighted by atomic mass is 9.67. The number of carbonyl (C=O) groups excluding carboxylic acids is 2. The summed E-state index contributed by atoms with van der Waals surface area (Å²) in [7, 11) is 0. The Hall–Kier alpha value is -0.900. The van der Waals surface area contributed by atoms with Gasteiger partial charge in [0.1, 0.15) is 0 Å². The quantitative estimate of drug-likeness (QED) is 0.407. The van der Waals surface area contributed by atoms with E-state index in [-0.39, 0.29) is 11.8 Å². The highest BCUT2D eigenvalue weighted by atomic mass is 16.2. The molecular weight excluding hydrogens is 312 g/mol. The van der Waals surface area contributed by atoms with Crippen LogP contribution in [0, 0.1) is 11.3 Å². The van der Waals surface area contributed by atoms with Crippen molar-refractivity contribution in [2.45, 2.75) is 96.8 Å². The number of imide groups is 1. The molecule has 0 bridgehead atoms. The molecule has 2 aliphatic rings. The third-order valence-electron chi connectivity index (χ3n) is 6.28. The van der Waals surface area contributed by atoms with Crippen molar-refractivity contribution in [3.8, 4) is 0 Å². The molecule has 0 aromatic heterocycles. The number of amides is 2. The van der Waals surface area contributed by atoms with Crippen LogP contribution in [0.15, 0.2) is 0 Å². The van der Waals surface area contributed by atoms with E-state index in [2.05, 4.69) is 17.6 Å². The highest BCUT2D eigenvalue weighted by molar-refractivity contribution is 6.06. The Balaban J connectivity index is 1.67. The molecule has 2 fully saturated rings. The van der Waals surface area contributed by atoms with Crippen LogP contribution in [0.5, 0.6) is 0 Å². The summed E-state index contributed by atoms with van der Waals surface area (Å²) in [6.45, 7) is 4.21. The predicted molar refractivity (Wildman–Crippen MR) is 102 cm³/mol. The zero-order valence-corrected chi connectivity index (χ0v) is 16.2. The Morgan fingerprint density at radius 1 is 0.880 bits per heavy atom. The van der Waals surface area contributed by atoms with Crippen molar-refractivity contribution >= 4 is 11.8 Å². The number of rotatable bonds is 12. The highest BCUT2D eigenvalue weighted by Gasteiger charge is 2.51. The Kier molecular flexibility index (Phi) is 8.94. The molecule has 2 amide bonds. The number of hydrogen-bond acceptors (Lipinski definition) is 3. The number of unbranched alkanes of at least 4 members (excludes halogenated alkanes) is 9. The van der Waals surface area contributed by atoms with Crippen molar-refractivity contribution in [1.29, 1.82) is 0 Å². The van der Waals surface area contributed by atoms with Crippen LogP contribution in [0.25, 0.3) is 0 Å². The second kappa shape index (κ2) is 10.9. The van der Waals surface area contributed by atoms with Crippen molar-refractivity contribution in [2.24, 2.45) is 11.3 Å². The predicted octanol–water partition coefficient (Wildman–Crippen LogP) is 4.33. The lowest BCUT2D eigenvalue weighted by Gasteiger charge is -2.37. The molecule has 0 spiro atoms. The second-order valence-electron chi connectivity index (χ2n) is 8.17. The van der Waals surface area contributed by atoms with Crippen LogP contribution in [-0.2, 0) is 9.59 Å². The number of piperidine rings is 1. The van der Waals surface area contributed by atoms with Gasteiger partial charge in [0.15, 0.2) is 0 Å². The van der Waals surface area contributed by atoms with Crippen LogP contribution in [0.1, 0.15) is 96.8 Å². The number of carbonyl (C=O) groups is 2. The third kappa shape index (κ3) is 6.09.